The Kier molecular flexibility index (Phi) is 8.06. The summed E-state index contributed by atoms with van der Waals surface area (Å²) in [6.45, 7) is 1.25. The van der Waals surface area contributed by atoms with E-state index >= 15 is 0 Å². The fourth-order valence-corrected chi connectivity index (χ4v) is 4.71. The Hall–Kier alpha value is -4.57. The summed E-state index contributed by atoms with van der Waals surface area (Å²) in [4.78, 5) is 29.1. The van der Waals surface area contributed by atoms with E-state index in [1.165, 1.54) is 0 Å². The van der Waals surface area contributed by atoms with Crippen molar-refractivity contribution in [3.63, 3.8) is 0 Å². The van der Waals surface area contributed by atoms with E-state index in [9.17, 15) is 9.59 Å². The molecule has 0 aliphatic carbocycles. The van der Waals surface area contributed by atoms with Gasteiger partial charge in [-0.05, 0) is 60.5 Å². The smallest absolute Gasteiger partial charge is 0.329 e. The fraction of sp³-hybridized carbons (Fsp3) is 0.214. The summed E-state index contributed by atoms with van der Waals surface area (Å²) >= 11 is 0. The number of nitrogen functional groups attached to an aromatic ring is 1. The molecule has 39 heavy (non-hydrogen) atoms. The summed E-state index contributed by atoms with van der Waals surface area (Å²) in [6, 6.07) is 21.0. The van der Waals surface area contributed by atoms with Gasteiger partial charge in [-0.15, -0.1) is 12.4 Å². The quantitative estimate of drug-likeness (QED) is 0.154. The molecule has 3 aromatic carbocycles. The Labute approximate surface area is 230 Å². The standard InChI is InChI=1S/C28H29N7O3.ClH/c1-33-22-13-8-18(15-21(22)32-25(33)16-31-20-11-9-19(10-12-20)27(29)30)17-35-24-6-3-2-5-23(24)34(28(35)38)14-4-7-26(36)37;/h2-3,5-6,8-13,15,31H,4,7,14,16-17H2,1H3,(H3,29,30)(H,36,37);1H. The first kappa shape index (κ1) is 27.5. The highest BCUT2D eigenvalue weighted by Crippen LogP contribution is 2.21. The lowest BCUT2D eigenvalue weighted by Crippen LogP contribution is -2.25. The molecule has 0 aliphatic heterocycles. The molecule has 0 aliphatic rings. The van der Waals surface area contributed by atoms with Gasteiger partial charge < -0.3 is 20.7 Å². The predicted molar refractivity (Wildman–Crippen MR) is 155 cm³/mol. The Bertz CT molecular complexity index is 1720. The molecule has 0 fully saturated rings. The topological polar surface area (TPSA) is 144 Å². The van der Waals surface area contributed by atoms with E-state index in [1.807, 2.05) is 66.2 Å². The molecule has 0 saturated carbocycles. The maximum absolute atomic E-state index is 13.3. The molecule has 5 aromatic rings. The SMILES string of the molecule is Cl.Cn1c(CNc2ccc(C(=N)N)cc2)nc2cc(Cn3c(=O)n(CCCC(=O)O)c4ccccc43)ccc21. The van der Waals surface area contributed by atoms with E-state index in [-0.39, 0.29) is 30.4 Å². The van der Waals surface area contributed by atoms with E-state index < -0.39 is 5.97 Å². The molecular formula is C28H30ClN7O3. The number of para-hydroxylation sites is 2. The van der Waals surface area contributed by atoms with Crippen molar-refractivity contribution in [1.29, 1.82) is 5.41 Å². The molecule has 5 rings (SSSR count). The van der Waals surface area contributed by atoms with Crippen LogP contribution in [0.15, 0.2) is 71.5 Å². The van der Waals surface area contributed by atoms with Crippen molar-refractivity contribution in [2.75, 3.05) is 5.32 Å². The lowest BCUT2D eigenvalue weighted by atomic mass is 10.2. The van der Waals surface area contributed by atoms with Crippen LogP contribution in [0.2, 0.25) is 0 Å². The third kappa shape index (κ3) is 5.65. The summed E-state index contributed by atoms with van der Waals surface area (Å²) in [5.74, 6) is 0.0265. The minimum Gasteiger partial charge on any atom is -0.481 e. The van der Waals surface area contributed by atoms with Crippen molar-refractivity contribution in [3.8, 4) is 0 Å². The number of nitrogens with two attached hydrogens (primary N) is 1. The lowest BCUT2D eigenvalue weighted by molar-refractivity contribution is -0.137. The van der Waals surface area contributed by atoms with Gasteiger partial charge in [0.25, 0.3) is 0 Å². The first-order valence-electron chi connectivity index (χ1n) is 12.3. The van der Waals surface area contributed by atoms with Crippen LogP contribution >= 0.6 is 12.4 Å². The minimum absolute atomic E-state index is 0. The van der Waals surface area contributed by atoms with Crippen LogP contribution in [0, 0.1) is 5.41 Å². The van der Waals surface area contributed by atoms with Crippen LogP contribution < -0.4 is 16.7 Å². The number of fused-ring (bicyclic) bond motifs is 2. The molecule has 11 heteroatoms. The van der Waals surface area contributed by atoms with Crippen molar-refractivity contribution in [1.82, 2.24) is 18.7 Å². The minimum atomic E-state index is -0.870. The number of halogens is 1. The van der Waals surface area contributed by atoms with Crippen LogP contribution in [0.25, 0.3) is 22.1 Å². The number of amidine groups is 1. The van der Waals surface area contributed by atoms with Crippen LogP contribution in [0.5, 0.6) is 0 Å². The second kappa shape index (κ2) is 11.4. The van der Waals surface area contributed by atoms with Gasteiger partial charge >= 0.3 is 11.7 Å². The van der Waals surface area contributed by atoms with E-state index in [4.69, 9.17) is 21.2 Å². The van der Waals surface area contributed by atoms with Crippen molar-refractivity contribution in [2.45, 2.75) is 32.5 Å². The zero-order valence-corrected chi connectivity index (χ0v) is 22.2. The second-order valence-electron chi connectivity index (χ2n) is 9.26. The van der Waals surface area contributed by atoms with E-state index in [2.05, 4.69) is 5.32 Å². The number of aliphatic carboxylic acids is 1. The molecule has 10 nitrogen and oxygen atoms in total. The summed E-state index contributed by atoms with van der Waals surface area (Å²) in [6.07, 6.45) is 0.407. The number of nitrogens with one attached hydrogen (secondary N) is 2. The third-order valence-corrected chi connectivity index (χ3v) is 6.72. The van der Waals surface area contributed by atoms with Crippen LogP contribution in [-0.2, 0) is 31.5 Å². The molecule has 0 amide bonds. The molecule has 202 valence electrons. The molecule has 0 radical (unpaired) electrons. The van der Waals surface area contributed by atoms with Gasteiger partial charge in [-0.25, -0.2) is 9.78 Å². The highest BCUT2D eigenvalue weighted by atomic mass is 35.5. The van der Waals surface area contributed by atoms with E-state index in [0.29, 0.717) is 31.6 Å². The molecule has 0 saturated heterocycles. The molecule has 2 heterocycles. The van der Waals surface area contributed by atoms with E-state index in [1.54, 1.807) is 21.3 Å². The molecule has 0 spiro atoms. The Morgan fingerprint density at radius 1 is 1.03 bits per heavy atom. The number of rotatable bonds is 10. The number of benzene rings is 3. The Balaban J connectivity index is 0.00000353. The van der Waals surface area contributed by atoms with E-state index in [0.717, 1.165) is 39.1 Å². The molecular weight excluding hydrogens is 518 g/mol. The number of carbonyl (C=O) groups is 1. The third-order valence-electron chi connectivity index (χ3n) is 6.72. The summed E-state index contributed by atoms with van der Waals surface area (Å²) < 4.78 is 5.42. The van der Waals surface area contributed by atoms with Gasteiger partial charge in [-0.1, -0.05) is 18.2 Å². The number of aryl methyl sites for hydroxylation is 2. The largest absolute Gasteiger partial charge is 0.481 e. The van der Waals surface area contributed by atoms with Gasteiger partial charge in [0.2, 0.25) is 0 Å². The highest BCUT2D eigenvalue weighted by Gasteiger charge is 2.15. The van der Waals surface area contributed by atoms with Crippen molar-refractivity contribution in [3.05, 3.63) is 94.2 Å². The van der Waals surface area contributed by atoms with Gasteiger partial charge in [0.05, 0.1) is 35.2 Å². The maximum atomic E-state index is 13.3. The molecule has 5 N–H and O–H groups in total. The summed E-state index contributed by atoms with van der Waals surface area (Å²) in [5.41, 5.74) is 11.3. The number of carboxylic acid groups (broad SMARTS) is 1. The molecule has 0 bridgehead atoms. The van der Waals surface area contributed by atoms with Gasteiger partial charge in [-0.3, -0.25) is 19.3 Å². The Morgan fingerprint density at radius 2 is 1.72 bits per heavy atom. The van der Waals surface area contributed by atoms with Crippen LogP contribution in [0.4, 0.5) is 5.69 Å². The zero-order chi connectivity index (χ0) is 26.8. The van der Waals surface area contributed by atoms with Crippen LogP contribution in [0.1, 0.15) is 29.8 Å². The fourth-order valence-electron chi connectivity index (χ4n) is 4.71. The van der Waals surface area contributed by atoms with Gasteiger partial charge in [0.1, 0.15) is 11.7 Å². The maximum Gasteiger partial charge on any atom is 0.329 e. The lowest BCUT2D eigenvalue weighted by Gasteiger charge is -2.07. The number of aromatic nitrogens is 4. The summed E-state index contributed by atoms with van der Waals surface area (Å²) in [7, 11) is 1.97. The number of hydrogen-bond acceptors (Lipinski definition) is 5. The number of anilines is 1. The normalized spacial score (nSPS) is 11.0. The Morgan fingerprint density at radius 3 is 2.38 bits per heavy atom. The molecule has 2 aromatic heterocycles. The van der Waals surface area contributed by atoms with Crippen LogP contribution in [-0.4, -0.2) is 35.6 Å². The van der Waals surface area contributed by atoms with Crippen molar-refractivity contribution < 1.29 is 9.90 Å². The van der Waals surface area contributed by atoms with Gasteiger partial charge in [-0.2, -0.15) is 0 Å². The molecule has 0 atom stereocenters. The zero-order valence-electron chi connectivity index (χ0n) is 21.4. The average molecular weight is 548 g/mol. The molecule has 0 unspecified atom stereocenters. The highest BCUT2D eigenvalue weighted by molar-refractivity contribution is 5.95. The van der Waals surface area contributed by atoms with Gasteiger partial charge in [0.15, 0.2) is 0 Å². The number of hydrogen-bond donors (Lipinski definition) is 4. The first-order chi connectivity index (χ1) is 18.3. The average Bonchev–Trinajstić information content (AvgIpc) is 3.36. The number of carboxylic acids is 1. The first-order valence-corrected chi connectivity index (χ1v) is 12.3. The number of nitrogens with zero attached hydrogens (tertiary/aromatic N) is 4. The second-order valence-corrected chi connectivity index (χ2v) is 9.26. The van der Waals surface area contributed by atoms with Crippen molar-refractivity contribution in [2.24, 2.45) is 12.8 Å². The van der Waals surface area contributed by atoms with Crippen molar-refractivity contribution >= 4 is 52.0 Å². The number of imidazole rings is 2. The van der Waals surface area contributed by atoms with Crippen LogP contribution in [0.3, 0.4) is 0 Å². The predicted octanol–water partition coefficient (Wildman–Crippen LogP) is 3.92. The summed E-state index contributed by atoms with van der Waals surface area (Å²) in [5, 5.41) is 19.9. The van der Waals surface area contributed by atoms with Gasteiger partial charge in [0, 0.05) is 31.3 Å². The monoisotopic (exact) mass is 547 g/mol.